The molecule has 2 N–H and O–H groups in total. The molecule has 0 bridgehead atoms. The Morgan fingerprint density at radius 2 is 2.08 bits per heavy atom. The Labute approximate surface area is 155 Å². The monoisotopic (exact) mass is 369 g/mol. The third kappa shape index (κ3) is 3.88. The molecule has 0 atom stereocenters. The van der Waals surface area contributed by atoms with Crippen LogP contribution in [0.15, 0.2) is 46.1 Å². The van der Waals surface area contributed by atoms with Gasteiger partial charge in [0.1, 0.15) is 16.5 Å². The zero-order valence-corrected chi connectivity index (χ0v) is 15.6. The minimum atomic E-state index is -0.321. The highest BCUT2D eigenvalue weighted by molar-refractivity contribution is 7.98. The molecule has 1 amide bonds. The van der Waals surface area contributed by atoms with Crippen LogP contribution in [0.3, 0.4) is 0 Å². The Kier molecular flexibility index (Phi) is 5.27. The molecule has 0 aliphatic carbocycles. The summed E-state index contributed by atoms with van der Waals surface area (Å²) in [5.41, 5.74) is 3.57. The number of thioether (sulfide) groups is 1. The SMILES string of the molecule is Cc1ccc(NC(=O)c2cccnc2SCc2c(C)noc2C)c(O)c1. The molecule has 1 aromatic carbocycles. The van der Waals surface area contributed by atoms with Crippen LogP contribution < -0.4 is 5.32 Å². The number of pyridine rings is 1. The Bertz CT molecular complexity index is 933. The lowest BCUT2D eigenvalue weighted by Gasteiger charge is -2.10. The molecule has 0 aliphatic rings. The number of phenols is 1. The molecular weight excluding hydrogens is 350 g/mol. The topological polar surface area (TPSA) is 88.3 Å². The third-order valence-electron chi connectivity index (χ3n) is 3.95. The first-order chi connectivity index (χ1) is 12.5. The third-order valence-corrected chi connectivity index (χ3v) is 4.98. The van der Waals surface area contributed by atoms with Crippen molar-refractivity contribution in [1.82, 2.24) is 10.1 Å². The van der Waals surface area contributed by atoms with Gasteiger partial charge in [-0.2, -0.15) is 0 Å². The number of aromatic nitrogens is 2. The second-order valence-electron chi connectivity index (χ2n) is 5.92. The average Bonchev–Trinajstić information content (AvgIpc) is 2.94. The minimum Gasteiger partial charge on any atom is -0.506 e. The van der Waals surface area contributed by atoms with Crippen LogP contribution in [0.5, 0.6) is 5.75 Å². The van der Waals surface area contributed by atoms with Gasteiger partial charge in [-0.3, -0.25) is 4.79 Å². The number of amides is 1. The van der Waals surface area contributed by atoms with Crippen molar-refractivity contribution in [3.05, 3.63) is 64.7 Å². The van der Waals surface area contributed by atoms with Gasteiger partial charge in [0.05, 0.1) is 16.9 Å². The van der Waals surface area contributed by atoms with Crippen LogP contribution in [-0.4, -0.2) is 21.2 Å². The number of aryl methyl sites for hydroxylation is 3. The zero-order chi connectivity index (χ0) is 18.7. The van der Waals surface area contributed by atoms with E-state index in [4.69, 9.17) is 4.52 Å². The van der Waals surface area contributed by atoms with Crippen molar-refractivity contribution in [3.8, 4) is 5.75 Å². The van der Waals surface area contributed by atoms with Crippen molar-refractivity contribution < 1.29 is 14.4 Å². The van der Waals surface area contributed by atoms with Crippen LogP contribution in [0.1, 0.15) is 32.9 Å². The molecule has 2 heterocycles. The molecule has 0 saturated heterocycles. The Morgan fingerprint density at radius 3 is 2.77 bits per heavy atom. The number of benzene rings is 1. The number of nitrogens with zero attached hydrogens (tertiary/aromatic N) is 2. The van der Waals surface area contributed by atoms with Gasteiger partial charge in [-0.25, -0.2) is 4.98 Å². The van der Waals surface area contributed by atoms with E-state index in [1.807, 2.05) is 26.8 Å². The van der Waals surface area contributed by atoms with Crippen LogP contribution in [0.4, 0.5) is 5.69 Å². The molecule has 0 saturated carbocycles. The van der Waals surface area contributed by atoms with E-state index in [1.165, 1.54) is 11.8 Å². The van der Waals surface area contributed by atoms with Crippen LogP contribution >= 0.6 is 11.8 Å². The largest absolute Gasteiger partial charge is 0.506 e. The van der Waals surface area contributed by atoms with Crippen LogP contribution in [-0.2, 0) is 5.75 Å². The van der Waals surface area contributed by atoms with Gasteiger partial charge in [0, 0.05) is 17.5 Å². The van der Waals surface area contributed by atoms with E-state index >= 15 is 0 Å². The quantitative estimate of drug-likeness (QED) is 0.516. The van der Waals surface area contributed by atoms with Gasteiger partial charge in [-0.15, -0.1) is 11.8 Å². The number of anilines is 1. The highest BCUT2D eigenvalue weighted by Crippen LogP contribution is 2.29. The molecule has 0 radical (unpaired) electrons. The fraction of sp³-hybridized carbons (Fsp3) is 0.211. The standard InChI is InChI=1S/C19H19N3O3S/c1-11-6-7-16(17(23)9-11)21-18(24)14-5-4-8-20-19(14)26-10-15-12(2)22-25-13(15)3/h4-9,23H,10H2,1-3H3,(H,21,24). The molecule has 0 unspecified atom stereocenters. The fourth-order valence-electron chi connectivity index (χ4n) is 2.46. The normalized spacial score (nSPS) is 10.7. The lowest BCUT2D eigenvalue weighted by atomic mass is 10.2. The molecule has 0 aliphatic heterocycles. The number of carbonyl (C=O) groups excluding carboxylic acids is 1. The Morgan fingerprint density at radius 1 is 1.27 bits per heavy atom. The van der Waals surface area contributed by atoms with Crippen molar-refractivity contribution in [2.75, 3.05) is 5.32 Å². The van der Waals surface area contributed by atoms with E-state index in [0.717, 1.165) is 22.6 Å². The van der Waals surface area contributed by atoms with Gasteiger partial charge in [0.25, 0.3) is 5.91 Å². The molecule has 3 rings (SSSR count). The number of hydrogen-bond acceptors (Lipinski definition) is 6. The molecule has 134 valence electrons. The average molecular weight is 369 g/mol. The predicted octanol–water partition coefficient (Wildman–Crippen LogP) is 4.25. The number of nitrogens with one attached hydrogen (secondary N) is 1. The molecule has 0 spiro atoms. The van der Waals surface area contributed by atoms with Gasteiger partial charge in [0.15, 0.2) is 0 Å². The van der Waals surface area contributed by atoms with Crippen molar-refractivity contribution in [2.45, 2.75) is 31.6 Å². The summed E-state index contributed by atoms with van der Waals surface area (Å²) in [6, 6.07) is 8.53. The van der Waals surface area contributed by atoms with Gasteiger partial charge in [-0.1, -0.05) is 11.2 Å². The molecule has 0 fully saturated rings. The molecule has 2 aromatic heterocycles. The summed E-state index contributed by atoms with van der Waals surface area (Å²) in [5, 5.41) is 17.3. The van der Waals surface area contributed by atoms with Gasteiger partial charge in [-0.05, 0) is 50.6 Å². The van der Waals surface area contributed by atoms with Gasteiger partial charge >= 0.3 is 0 Å². The summed E-state index contributed by atoms with van der Waals surface area (Å²) >= 11 is 1.44. The van der Waals surface area contributed by atoms with Crippen LogP contribution in [0.25, 0.3) is 0 Å². The summed E-state index contributed by atoms with van der Waals surface area (Å²) in [4.78, 5) is 17.0. The summed E-state index contributed by atoms with van der Waals surface area (Å²) in [7, 11) is 0. The van der Waals surface area contributed by atoms with Crippen molar-refractivity contribution in [3.63, 3.8) is 0 Å². The number of hydrogen-bond donors (Lipinski definition) is 2. The fourth-order valence-corrected chi connectivity index (χ4v) is 3.61. The van der Waals surface area contributed by atoms with Crippen molar-refractivity contribution in [1.29, 1.82) is 0 Å². The molecule has 6 nitrogen and oxygen atoms in total. The first-order valence-corrected chi connectivity index (χ1v) is 9.05. The second-order valence-corrected chi connectivity index (χ2v) is 6.89. The summed E-state index contributed by atoms with van der Waals surface area (Å²) < 4.78 is 5.17. The van der Waals surface area contributed by atoms with E-state index < -0.39 is 0 Å². The molecular formula is C19H19N3O3S. The maximum Gasteiger partial charge on any atom is 0.258 e. The van der Waals surface area contributed by atoms with E-state index in [2.05, 4.69) is 15.5 Å². The predicted molar refractivity (Wildman–Crippen MR) is 101 cm³/mol. The molecule has 7 heteroatoms. The number of rotatable bonds is 5. The van der Waals surface area contributed by atoms with Crippen LogP contribution in [0, 0.1) is 20.8 Å². The van der Waals surface area contributed by atoms with E-state index in [9.17, 15) is 9.90 Å². The summed E-state index contributed by atoms with van der Waals surface area (Å²) in [6.45, 7) is 5.62. The lowest BCUT2D eigenvalue weighted by Crippen LogP contribution is -2.13. The van der Waals surface area contributed by atoms with Crippen LogP contribution in [0.2, 0.25) is 0 Å². The number of aromatic hydroxyl groups is 1. The summed E-state index contributed by atoms with van der Waals surface area (Å²) in [6.07, 6.45) is 1.65. The number of phenolic OH excluding ortho intramolecular Hbond substituents is 1. The Hall–Kier alpha value is -2.80. The van der Waals surface area contributed by atoms with E-state index in [1.54, 1.807) is 30.5 Å². The minimum absolute atomic E-state index is 0.0344. The zero-order valence-electron chi connectivity index (χ0n) is 14.7. The second kappa shape index (κ2) is 7.61. The van der Waals surface area contributed by atoms with Crippen molar-refractivity contribution in [2.24, 2.45) is 0 Å². The smallest absolute Gasteiger partial charge is 0.258 e. The van der Waals surface area contributed by atoms with Crippen molar-refractivity contribution >= 4 is 23.4 Å². The maximum absolute atomic E-state index is 12.7. The molecule has 26 heavy (non-hydrogen) atoms. The number of carbonyl (C=O) groups is 1. The maximum atomic E-state index is 12.7. The van der Waals surface area contributed by atoms with E-state index in [-0.39, 0.29) is 11.7 Å². The lowest BCUT2D eigenvalue weighted by molar-refractivity contribution is 0.102. The van der Waals surface area contributed by atoms with Gasteiger partial charge < -0.3 is 14.9 Å². The Balaban J connectivity index is 1.79. The first-order valence-electron chi connectivity index (χ1n) is 8.06. The first kappa shape index (κ1) is 18.0. The highest BCUT2D eigenvalue weighted by atomic mass is 32.2. The molecule has 3 aromatic rings. The van der Waals surface area contributed by atoms with E-state index in [0.29, 0.717) is 22.0 Å². The summed E-state index contributed by atoms with van der Waals surface area (Å²) in [5.74, 6) is 1.08. The van der Waals surface area contributed by atoms with Gasteiger partial charge in [0.2, 0.25) is 0 Å². The highest BCUT2D eigenvalue weighted by Gasteiger charge is 2.16.